The topological polar surface area (TPSA) is 97.3 Å². The number of anilines is 2. The number of aryl methyl sites for hydroxylation is 2. The van der Waals surface area contributed by atoms with Crippen LogP contribution >= 0.6 is 0 Å². The van der Waals surface area contributed by atoms with Crippen LogP contribution in [0.1, 0.15) is 22.3 Å². The normalized spacial score (nSPS) is 13.0. The zero-order chi connectivity index (χ0) is 17.6. The lowest BCUT2D eigenvalue weighted by Gasteiger charge is -2.21. The molecule has 25 heavy (non-hydrogen) atoms. The van der Waals surface area contributed by atoms with E-state index >= 15 is 0 Å². The molecule has 1 aliphatic rings. The Hall–Kier alpha value is -3.28. The van der Waals surface area contributed by atoms with Crippen LogP contribution in [0.15, 0.2) is 47.3 Å². The first kappa shape index (κ1) is 15.3. The lowest BCUT2D eigenvalue weighted by atomic mass is 9.99. The number of hydrogen-bond donors (Lipinski definition) is 3. The Kier molecular flexibility index (Phi) is 3.46. The van der Waals surface area contributed by atoms with Crippen molar-refractivity contribution in [3.05, 3.63) is 63.9 Å². The minimum Gasteiger partial charge on any atom is -0.506 e. The Labute approximate surface area is 143 Å². The van der Waals surface area contributed by atoms with Crippen molar-refractivity contribution in [1.82, 2.24) is 4.57 Å². The largest absolute Gasteiger partial charge is 0.506 e. The highest BCUT2D eigenvalue weighted by molar-refractivity contribution is 6.10. The lowest BCUT2D eigenvalue weighted by Crippen LogP contribution is -2.31. The second-order valence-corrected chi connectivity index (χ2v) is 6.14. The van der Waals surface area contributed by atoms with E-state index in [0.717, 1.165) is 18.4 Å². The number of nitrogens with two attached hydrogens (primary N) is 1. The van der Waals surface area contributed by atoms with E-state index < -0.39 is 11.5 Å². The molecule has 126 valence electrons. The SMILES string of the molecule is Nc1ccccc1NC(=O)c1c(O)c2cccc3c2n(c1=O)CCC3. The fourth-order valence-corrected chi connectivity index (χ4v) is 3.42. The second-order valence-electron chi connectivity index (χ2n) is 6.14. The van der Waals surface area contributed by atoms with Crippen LogP contribution in [0.3, 0.4) is 0 Å². The average molecular weight is 335 g/mol. The number of aromatic hydroxyl groups is 1. The van der Waals surface area contributed by atoms with Gasteiger partial charge in [0.05, 0.1) is 16.9 Å². The quantitative estimate of drug-likeness (QED) is 0.627. The van der Waals surface area contributed by atoms with Crippen molar-refractivity contribution in [2.45, 2.75) is 19.4 Å². The third-order valence-electron chi connectivity index (χ3n) is 4.60. The third kappa shape index (κ3) is 2.34. The summed E-state index contributed by atoms with van der Waals surface area (Å²) in [5.41, 5.74) is 7.62. The van der Waals surface area contributed by atoms with E-state index in [1.165, 1.54) is 0 Å². The molecule has 6 heteroatoms. The van der Waals surface area contributed by atoms with Gasteiger partial charge in [0, 0.05) is 11.9 Å². The summed E-state index contributed by atoms with van der Waals surface area (Å²) in [7, 11) is 0. The van der Waals surface area contributed by atoms with Gasteiger partial charge in [-0.2, -0.15) is 0 Å². The Morgan fingerprint density at radius 3 is 2.76 bits per heavy atom. The smallest absolute Gasteiger partial charge is 0.267 e. The van der Waals surface area contributed by atoms with E-state index in [1.807, 2.05) is 12.1 Å². The van der Waals surface area contributed by atoms with Gasteiger partial charge in [-0.3, -0.25) is 9.59 Å². The monoisotopic (exact) mass is 335 g/mol. The standard InChI is InChI=1S/C19H17N3O3/c20-13-8-1-2-9-14(13)21-18(24)15-17(23)12-7-3-5-11-6-4-10-22(16(11)12)19(15)25/h1-3,5,7-9,23H,4,6,10,20H2,(H,21,24). The summed E-state index contributed by atoms with van der Waals surface area (Å²) in [6.07, 6.45) is 1.67. The summed E-state index contributed by atoms with van der Waals surface area (Å²) in [5, 5.41) is 13.7. The van der Waals surface area contributed by atoms with E-state index in [4.69, 9.17) is 5.73 Å². The van der Waals surface area contributed by atoms with E-state index in [0.29, 0.717) is 28.8 Å². The van der Waals surface area contributed by atoms with Gasteiger partial charge in [0.1, 0.15) is 11.3 Å². The van der Waals surface area contributed by atoms with Crippen molar-refractivity contribution in [2.24, 2.45) is 0 Å². The molecule has 0 unspecified atom stereocenters. The number of benzene rings is 2. The number of pyridine rings is 1. The molecule has 0 aliphatic carbocycles. The van der Waals surface area contributed by atoms with Gasteiger partial charge >= 0.3 is 0 Å². The van der Waals surface area contributed by atoms with Gasteiger partial charge in [0.2, 0.25) is 0 Å². The maximum atomic E-state index is 12.8. The van der Waals surface area contributed by atoms with Crippen LogP contribution in [0.25, 0.3) is 10.9 Å². The Morgan fingerprint density at radius 2 is 1.96 bits per heavy atom. The Morgan fingerprint density at radius 1 is 1.16 bits per heavy atom. The number of nitrogens with zero attached hydrogens (tertiary/aromatic N) is 1. The van der Waals surface area contributed by atoms with Crippen LogP contribution in [0.4, 0.5) is 11.4 Å². The van der Waals surface area contributed by atoms with Crippen molar-refractivity contribution < 1.29 is 9.90 Å². The van der Waals surface area contributed by atoms with Crippen molar-refractivity contribution in [3.63, 3.8) is 0 Å². The number of nitrogen functional groups attached to an aromatic ring is 1. The number of carbonyl (C=O) groups is 1. The van der Waals surface area contributed by atoms with Crippen LogP contribution in [0.2, 0.25) is 0 Å². The number of aromatic nitrogens is 1. The first-order valence-corrected chi connectivity index (χ1v) is 8.11. The molecular weight excluding hydrogens is 318 g/mol. The molecule has 4 rings (SSSR count). The summed E-state index contributed by atoms with van der Waals surface area (Å²) in [4.78, 5) is 25.5. The maximum absolute atomic E-state index is 12.8. The molecular formula is C19H17N3O3. The van der Waals surface area contributed by atoms with Gasteiger partial charge < -0.3 is 20.7 Å². The van der Waals surface area contributed by atoms with Gasteiger partial charge in [0.15, 0.2) is 0 Å². The van der Waals surface area contributed by atoms with Crippen molar-refractivity contribution in [2.75, 3.05) is 11.1 Å². The highest BCUT2D eigenvalue weighted by Gasteiger charge is 2.25. The second kappa shape index (κ2) is 5.66. The predicted octanol–water partition coefficient (Wildman–Crippen LogP) is 2.49. The van der Waals surface area contributed by atoms with Crippen molar-refractivity contribution in [1.29, 1.82) is 0 Å². The molecule has 0 bridgehead atoms. The summed E-state index contributed by atoms with van der Waals surface area (Å²) < 4.78 is 1.58. The highest BCUT2D eigenvalue weighted by atomic mass is 16.3. The first-order valence-electron chi connectivity index (χ1n) is 8.11. The summed E-state index contributed by atoms with van der Waals surface area (Å²) in [6.45, 7) is 0.528. The Balaban J connectivity index is 1.90. The fraction of sp³-hybridized carbons (Fsp3) is 0.158. The van der Waals surface area contributed by atoms with Gasteiger partial charge in [0.25, 0.3) is 11.5 Å². The van der Waals surface area contributed by atoms with E-state index in [1.54, 1.807) is 34.9 Å². The van der Waals surface area contributed by atoms with Gasteiger partial charge in [-0.25, -0.2) is 0 Å². The molecule has 0 saturated heterocycles. The zero-order valence-electron chi connectivity index (χ0n) is 13.5. The summed E-state index contributed by atoms with van der Waals surface area (Å²) in [6, 6.07) is 12.3. The maximum Gasteiger partial charge on any atom is 0.267 e. The molecule has 0 fully saturated rings. The number of carbonyl (C=O) groups excluding carboxylic acids is 1. The van der Waals surface area contributed by atoms with Gasteiger partial charge in [-0.15, -0.1) is 0 Å². The fourth-order valence-electron chi connectivity index (χ4n) is 3.42. The molecule has 0 saturated carbocycles. The number of hydrogen-bond acceptors (Lipinski definition) is 4. The lowest BCUT2D eigenvalue weighted by molar-refractivity contribution is 0.102. The number of nitrogens with one attached hydrogen (secondary N) is 1. The average Bonchev–Trinajstić information content (AvgIpc) is 2.61. The van der Waals surface area contributed by atoms with Crippen molar-refractivity contribution >= 4 is 28.2 Å². The molecule has 2 heterocycles. The minimum atomic E-state index is -0.665. The zero-order valence-corrected chi connectivity index (χ0v) is 13.5. The summed E-state index contributed by atoms with van der Waals surface area (Å²) >= 11 is 0. The molecule has 0 radical (unpaired) electrons. The van der Waals surface area contributed by atoms with Crippen LogP contribution in [0.5, 0.6) is 5.75 Å². The van der Waals surface area contributed by atoms with Crippen LogP contribution in [-0.2, 0) is 13.0 Å². The van der Waals surface area contributed by atoms with Crippen molar-refractivity contribution in [3.8, 4) is 5.75 Å². The third-order valence-corrected chi connectivity index (χ3v) is 4.60. The van der Waals surface area contributed by atoms with Crippen LogP contribution in [-0.4, -0.2) is 15.6 Å². The van der Waals surface area contributed by atoms with Gasteiger partial charge in [-0.1, -0.05) is 24.3 Å². The highest BCUT2D eigenvalue weighted by Crippen LogP contribution is 2.32. The molecule has 3 aromatic rings. The molecule has 0 spiro atoms. The van der Waals surface area contributed by atoms with Gasteiger partial charge in [-0.05, 0) is 36.6 Å². The molecule has 1 aliphatic heterocycles. The predicted molar refractivity (Wildman–Crippen MR) is 97.0 cm³/mol. The van der Waals surface area contributed by atoms with E-state index in [-0.39, 0.29) is 11.3 Å². The molecule has 1 aromatic heterocycles. The molecule has 0 atom stereocenters. The van der Waals surface area contributed by atoms with E-state index in [9.17, 15) is 14.7 Å². The number of rotatable bonds is 2. The summed E-state index contributed by atoms with van der Waals surface area (Å²) in [5.74, 6) is -0.950. The molecule has 2 aromatic carbocycles. The molecule has 6 nitrogen and oxygen atoms in total. The van der Waals surface area contributed by atoms with Crippen LogP contribution in [0, 0.1) is 0 Å². The molecule has 1 amide bonds. The van der Waals surface area contributed by atoms with Crippen LogP contribution < -0.4 is 16.6 Å². The first-order chi connectivity index (χ1) is 12.1. The minimum absolute atomic E-state index is 0.255. The molecule has 4 N–H and O–H groups in total. The number of amides is 1. The van der Waals surface area contributed by atoms with E-state index in [2.05, 4.69) is 5.32 Å². The Bertz CT molecular complexity index is 1070. The number of para-hydroxylation sites is 3.